The van der Waals surface area contributed by atoms with E-state index in [0.29, 0.717) is 6.04 Å². The average molecular weight is 235 g/mol. The van der Waals surface area contributed by atoms with Gasteiger partial charge in [-0.1, -0.05) is 0 Å². The van der Waals surface area contributed by atoms with Crippen molar-refractivity contribution >= 4 is 11.5 Å². The van der Waals surface area contributed by atoms with Crippen LogP contribution in [0.1, 0.15) is 31.2 Å². The van der Waals surface area contributed by atoms with Gasteiger partial charge in [0.25, 0.3) is 0 Å². The van der Waals surface area contributed by atoms with E-state index in [-0.39, 0.29) is 6.61 Å². The number of aliphatic hydroxyl groups excluding tert-OH is 1. The maximum atomic E-state index is 8.92. The minimum atomic E-state index is 0.265. The molecular formula is C13H21N3O. The van der Waals surface area contributed by atoms with Crippen molar-refractivity contribution in [1.29, 1.82) is 0 Å². The molecule has 2 rings (SSSR count). The van der Waals surface area contributed by atoms with Gasteiger partial charge in [-0.15, -0.1) is 0 Å². The first kappa shape index (κ1) is 12.2. The molecule has 0 aromatic carbocycles. The molecule has 0 spiro atoms. The molecular weight excluding hydrogens is 214 g/mol. The van der Waals surface area contributed by atoms with Gasteiger partial charge in [-0.2, -0.15) is 0 Å². The van der Waals surface area contributed by atoms with Crippen LogP contribution in [0.5, 0.6) is 0 Å². The number of aromatic nitrogens is 1. The van der Waals surface area contributed by atoms with Crippen LogP contribution in [0.25, 0.3) is 0 Å². The summed E-state index contributed by atoms with van der Waals surface area (Å²) in [5.41, 5.74) is 7.98. The average Bonchev–Trinajstić information content (AvgIpc) is 2.78. The van der Waals surface area contributed by atoms with Crippen LogP contribution in [0.3, 0.4) is 0 Å². The number of hydrogen-bond donors (Lipinski definition) is 2. The van der Waals surface area contributed by atoms with Crippen LogP contribution in [0.2, 0.25) is 0 Å². The SMILES string of the molecule is Cc1ccnc(N2CCCC2CCCO)c1N. The van der Waals surface area contributed by atoms with Gasteiger partial charge in [-0.3, -0.25) is 0 Å². The van der Waals surface area contributed by atoms with Crippen molar-refractivity contribution in [3.8, 4) is 0 Å². The Balaban J connectivity index is 2.17. The topological polar surface area (TPSA) is 62.4 Å². The molecule has 17 heavy (non-hydrogen) atoms. The first-order valence-electron chi connectivity index (χ1n) is 6.32. The highest BCUT2D eigenvalue weighted by molar-refractivity contribution is 5.67. The first-order valence-corrected chi connectivity index (χ1v) is 6.32. The fourth-order valence-corrected chi connectivity index (χ4v) is 2.53. The van der Waals surface area contributed by atoms with Crippen LogP contribution >= 0.6 is 0 Å². The summed E-state index contributed by atoms with van der Waals surface area (Å²) in [7, 11) is 0. The molecule has 0 radical (unpaired) electrons. The molecule has 4 nitrogen and oxygen atoms in total. The van der Waals surface area contributed by atoms with E-state index in [0.717, 1.165) is 36.5 Å². The molecule has 4 heteroatoms. The third-order valence-corrected chi connectivity index (χ3v) is 3.53. The zero-order valence-electron chi connectivity index (χ0n) is 10.4. The molecule has 0 saturated carbocycles. The number of pyridine rings is 1. The molecule has 1 atom stereocenters. The Hall–Kier alpha value is -1.29. The monoisotopic (exact) mass is 235 g/mol. The van der Waals surface area contributed by atoms with Crippen LogP contribution in [0.4, 0.5) is 11.5 Å². The molecule has 1 aliphatic heterocycles. The number of rotatable bonds is 4. The number of aliphatic hydroxyl groups is 1. The lowest BCUT2D eigenvalue weighted by molar-refractivity contribution is 0.279. The molecule has 1 aliphatic rings. The first-order chi connectivity index (χ1) is 8.24. The highest BCUT2D eigenvalue weighted by atomic mass is 16.2. The minimum absolute atomic E-state index is 0.265. The smallest absolute Gasteiger partial charge is 0.152 e. The molecule has 0 bridgehead atoms. The fraction of sp³-hybridized carbons (Fsp3) is 0.615. The fourth-order valence-electron chi connectivity index (χ4n) is 2.53. The van der Waals surface area contributed by atoms with Gasteiger partial charge in [-0.25, -0.2) is 4.98 Å². The summed E-state index contributed by atoms with van der Waals surface area (Å²) in [5, 5.41) is 8.92. The highest BCUT2D eigenvalue weighted by Gasteiger charge is 2.26. The molecule has 1 unspecified atom stereocenters. The molecule has 0 amide bonds. The van der Waals surface area contributed by atoms with Crippen molar-refractivity contribution in [3.05, 3.63) is 17.8 Å². The summed E-state index contributed by atoms with van der Waals surface area (Å²) >= 11 is 0. The van der Waals surface area contributed by atoms with Gasteiger partial charge >= 0.3 is 0 Å². The van der Waals surface area contributed by atoms with E-state index in [2.05, 4.69) is 9.88 Å². The predicted octanol–water partition coefficient (Wildman–Crippen LogP) is 1.71. The predicted molar refractivity (Wildman–Crippen MR) is 70.1 cm³/mol. The van der Waals surface area contributed by atoms with E-state index in [1.165, 1.54) is 12.8 Å². The summed E-state index contributed by atoms with van der Waals surface area (Å²) in [5.74, 6) is 0.922. The van der Waals surface area contributed by atoms with Crippen LogP contribution in [0.15, 0.2) is 12.3 Å². The Kier molecular flexibility index (Phi) is 3.84. The summed E-state index contributed by atoms with van der Waals surface area (Å²) < 4.78 is 0. The third kappa shape index (κ3) is 2.52. The number of aryl methyl sites for hydroxylation is 1. The molecule has 1 aromatic rings. The Bertz CT molecular complexity index is 381. The second kappa shape index (κ2) is 5.36. The molecule has 1 aromatic heterocycles. The quantitative estimate of drug-likeness (QED) is 0.834. The molecule has 94 valence electrons. The van der Waals surface area contributed by atoms with Crippen molar-refractivity contribution in [2.24, 2.45) is 0 Å². The zero-order valence-corrected chi connectivity index (χ0v) is 10.4. The van der Waals surface area contributed by atoms with Crippen molar-refractivity contribution in [2.75, 3.05) is 23.8 Å². The summed E-state index contributed by atoms with van der Waals surface area (Å²) in [4.78, 5) is 6.72. The maximum Gasteiger partial charge on any atom is 0.152 e. The number of anilines is 2. The summed E-state index contributed by atoms with van der Waals surface area (Å²) in [6, 6.07) is 2.43. The van der Waals surface area contributed by atoms with Crippen LogP contribution < -0.4 is 10.6 Å². The Morgan fingerprint density at radius 1 is 1.59 bits per heavy atom. The van der Waals surface area contributed by atoms with E-state index < -0.39 is 0 Å². The lowest BCUT2D eigenvalue weighted by atomic mass is 10.1. The maximum absolute atomic E-state index is 8.92. The molecule has 1 saturated heterocycles. The Labute approximate surface area is 102 Å². The zero-order chi connectivity index (χ0) is 12.3. The normalized spacial score (nSPS) is 19.9. The molecule has 2 heterocycles. The number of nitrogen functional groups attached to an aromatic ring is 1. The summed E-state index contributed by atoms with van der Waals surface area (Å²) in [6.07, 6.45) is 6.06. The van der Waals surface area contributed by atoms with E-state index >= 15 is 0 Å². The molecule has 3 N–H and O–H groups in total. The van der Waals surface area contributed by atoms with Crippen molar-refractivity contribution < 1.29 is 5.11 Å². The third-order valence-electron chi connectivity index (χ3n) is 3.53. The highest BCUT2D eigenvalue weighted by Crippen LogP contribution is 2.31. The van der Waals surface area contributed by atoms with Crippen LogP contribution in [-0.2, 0) is 0 Å². The van der Waals surface area contributed by atoms with Crippen LogP contribution in [0, 0.1) is 6.92 Å². The largest absolute Gasteiger partial charge is 0.396 e. The van der Waals surface area contributed by atoms with Gasteiger partial charge in [0.15, 0.2) is 5.82 Å². The number of nitrogens with zero attached hydrogens (tertiary/aromatic N) is 2. The van der Waals surface area contributed by atoms with E-state index in [1.54, 1.807) is 0 Å². The number of nitrogens with two attached hydrogens (primary N) is 1. The molecule has 0 aliphatic carbocycles. The lowest BCUT2D eigenvalue weighted by Gasteiger charge is -2.27. The number of hydrogen-bond acceptors (Lipinski definition) is 4. The second-order valence-electron chi connectivity index (χ2n) is 4.72. The van der Waals surface area contributed by atoms with Gasteiger partial charge in [0, 0.05) is 25.4 Å². The van der Waals surface area contributed by atoms with Crippen molar-refractivity contribution in [1.82, 2.24) is 4.98 Å². The van der Waals surface area contributed by atoms with Gasteiger partial charge in [0.2, 0.25) is 0 Å². The summed E-state index contributed by atoms with van der Waals surface area (Å²) in [6.45, 7) is 3.30. The molecule has 1 fully saturated rings. The van der Waals surface area contributed by atoms with Gasteiger partial charge < -0.3 is 15.7 Å². The van der Waals surface area contributed by atoms with Gasteiger partial charge in [-0.05, 0) is 44.2 Å². The van der Waals surface area contributed by atoms with E-state index in [9.17, 15) is 0 Å². The lowest BCUT2D eigenvalue weighted by Crippen LogP contribution is -2.31. The standard InChI is InChI=1S/C13H21N3O/c1-10-6-7-15-13(12(10)14)16-8-2-4-11(16)5-3-9-17/h6-7,11,17H,2-5,8-9,14H2,1H3. The van der Waals surface area contributed by atoms with E-state index in [1.807, 2.05) is 19.2 Å². The van der Waals surface area contributed by atoms with Gasteiger partial charge in [0.1, 0.15) is 0 Å². The van der Waals surface area contributed by atoms with Crippen molar-refractivity contribution in [2.45, 2.75) is 38.6 Å². The van der Waals surface area contributed by atoms with Crippen molar-refractivity contribution in [3.63, 3.8) is 0 Å². The second-order valence-corrected chi connectivity index (χ2v) is 4.72. The van der Waals surface area contributed by atoms with Crippen LogP contribution in [-0.4, -0.2) is 29.3 Å². The van der Waals surface area contributed by atoms with Gasteiger partial charge in [0.05, 0.1) is 5.69 Å². The minimum Gasteiger partial charge on any atom is -0.396 e. The van der Waals surface area contributed by atoms with E-state index in [4.69, 9.17) is 10.8 Å². The Morgan fingerprint density at radius 3 is 3.18 bits per heavy atom. The Morgan fingerprint density at radius 2 is 2.41 bits per heavy atom.